The number of hydrogen-bond donors (Lipinski definition) is 1. The van der Waals surface area contributed by atoms with Crippen molar-refractivity contribution in [3.63, 3.8) is 0 Å². The summed E-state index contributed by atoms with van der Waals surface area (Å²) in [6.45, 7) is 5.79. The van der Waals surface area contributed by atoms with Gasteiger partial charge in [0.1, 0.15) is 11.3 Å². The summed E-state index contributed by atoms with van der Waals surface area (Å²) in [6, 6.07) is 17.5. The van der Waals surface area contributed by atoms with E-state index in [2.05, 4.69) is 5.32 Å². The number of benzene rings is 3. The summed E-state index contributed by atoms with van der Waals surface area (Å²) in [7, 11) is 1.63. The minimum absolute atomic E-state index is 0.233. The van der Waals surface area contributed by atoms with Crippen LogP contribution in [0.25, 0.3) is 27.7 Å². The van der Waals surface area contributed by atoms with Crippen molar-refractivity contribution >= 4 is 39.7 Å². The van der Waals surface area contributed by atoms with Gasteiger partial charge in [0.25, 0.3) is 0 Å². The average Bonchev–Trinajstić information content (AvgIpc) is 3.21. The van der Waals surface area contributed by atoms with Gasteiger partial charge in [-0.15, -0.1) is 0 Å². The highest BCUT2D eigenvalue weighted by Gasteiger charge is 2.18. The Kier molecular flexibility index (Phi) is 6.06. The molecule has 4 rings (SSSR count). The van der Waals surface area contributed by atoms with E-state index in [0.717, 1.165) is 44.4 Å². The number of carbonyl (C=O) groups excluding carboxylic acids is 1. The van der Waals surface area contributed by atoms with Crippen LogP contribution in [-0.2, 0) is 4.79 Å². The first-order valence-corrected chi connectivity index (χ1v) is 10.7. The number of fused-ring (bicyclic) bond motifs is 1. The van der Waals surface area contributed by atoms with Crippen LogP contribution in [0.3, 0.4) is 0 Å². The molecule has 0 atom stereocenters. The Labute approximate surface area is 192 Å². The van der Waals surface area contributed by atoms with E-state index in [9.17, 15) is 4.79 Å². The Bertz CT molecular complexity index is 1340. The number of anilines is 1. The number of rotatable bonds is 5. The Morgan fingerprint density at radius 3 is 2.56 bits per heavy atom. The molecule has 0 spiro atoms. The first-order valence-electron chi connectivity index (χ1n) is 10.3. The first kappa shape index (κ1) is 21.7. The number of ether oxygens (including phenoxy) is 1. The highest BCUT2D eigenvalue weighted by molar-refractivity contribution is 6.31. The fraction of sp³-hybridized carbons (Fsp3) is 0.148. The number of aryl methyl sites for hydroxylation is 2. The predicted molar refractivity (Wildman–Crippen MR) is 131 cm³/mol. The molecule has 0 radical (unpaired) electrons. The Morgan fingerprint density at radius 2 is 1.84 bits per heavy atom. The molecule has 32 heavy (non-hydrogen) atoms. The van der Waals surface area contributed by atoms with Crippen LogP contribution >= 0.6 is 11.6 Å². The fourth-order valence-corrected chi connectivity index (χ4v) is 4.06. The van der Waals surface area contributed by atoms with Gasteiger partial charge in [0.15, 0.2) is 0 Å². The third kappa shape index (κ3) is 4.14. The monoisotopic (exact) mass is 445 g/mol. The van der Waals surface area contributed by atoms with E-state index in [1.807, 2.05) is 63.2 Å². The fourth-order valence-electron chi connectivity index (χ4n) is 3.89. The number of hydrogen-bond acceptors (Lipinski definition) is 3. The molecule has 0 aliphatic heterocycles. The van der Waals surface area contributed by atoms with E-state index >= 15 is 0 Å². The minimum atomic E-state index is -0.233. The van der Waals surface area contributed by atoms with Gasteiger partial charge >= 0.3 is 0 Å². The lowest BCUT2D eigenvalue weighted by Crippen LogP contribution is -2.10. The van der Waals surface area contributed by atoms with Crippen LogP contribution in [0, 0.1) is 13.8 Å². The summed E-state index contributed by atoms with van der Waals surface area (Å²) in [5.74, 6) is 0.454. The minimum Gasteiger partial charge on any atom is -0.496 e. The van der Waals surface area contributed by atoms with E-state index in [1.54, 1.807) is 31.6 Å². The van der Waals surface area contributed by atoms with E-state index in [0.29, 0.717) is 16.5 Å². The van der Waals surface area contributed by atoms with E-state index in [1.165, 1.54) is 0 Å². The zero-order chi connectivity index (χ0) is 22.8. The van der Waals surface area contributed by atoms with Crippen molar-refractivity contribution < 1.29 is 13.9 Å². The molecule has 1 heterocycles. The molecule has 0 aliphatic carbocycles. The van der Waals surface area contributed by atoms with Crippen molar-refractivity contribution in [2.45, 2.75) is 20.8 Å². The summed E-state index contributed by atoms with van der Waals surface area (Å²) < 4.78 is 11.6. The molecule has 0 saturated heterocycles. The van der Waals surface area contributed by atoms with Gasteiger partial charge in [0.05, 0.1) is 13.4 Å². The van der Waals surface area contributed by atoms with E-state index in [4.69, 9.17) is 20.8 Å². The van der Waals surface area contributed by atoms with Crippen LogP contribution in [0.5, 0.6) is 5.75 Å². The molecule has 1 aromatic heterocycles. The van der Waals surface area contributed by atoms with Crippen molar-refractivity contribution in [1.29, 1.82) is 0 Å². The smallest absolute Gasteiger partial charge is 0.248 e. The van der Waals surface area contributed by atoms with Gasteiger partial charge in [-0.25, -0.2) is 0 Å². The van der Waals surface area contributed by atoms with Crippen LogP contribution in [0.15, 0.2) is 71.4 Å². The molecule has 4 aromatic rings. The second-order valence-corrected chi connectivity index (χ2v) is 8.19. The number of furan rings is 1. The van der Waals surface area contributed by atoms with Gasteiger partial charge in [0.2, 0.25) is 5.91 Å². The van der Waals surface area contributed by atoms with Crippen LogP contribution < -0.4 is 10.1 Å². The Hall–Kier alpha value is -3.50. The molecule has 5 heteroatoms. The molecule has 0 aliphatic rings. The predicted octanol–water partition coefficient (Wildman–Crippen LogP) is 7.42. The molecular weight excluding hydrogens is 422 g/mol. The van der Waals surface area contributed by atoms with Gasteiger partial charge in [-0.3, -0.25) is 4.79 Å². The zero-order valence-corrected chi connectivity index (χ0v) is 19.2. The largest absolute Gasteiger partial charge is 0.496 e. The standard InChI is InChI=1S/C27H24ClNO3/c1-16-10-11-20(28)13-24(16)29-25(30)12-17(2)21-14-22-23(19-8-6-5-7-9-19)15-32-27(22)18(3)26(21)31-4/h5-15H,1-4H3,(H,29,30)/b17-12+. The van der Waals surface area contributed by atoms with Crippen molar-refractivity contribution in [2.24, 2.45) is 0 Å². The summed E-state index contributed by atoms with van der Waals surface area (Å²) in [6.07, 6.45) is 3.34. The molecule has 3 aromatic carbocycles. The van der Waals surface area contributed by atoms with Crippen LogP contribution in [0.4, 0.5) is 5.69 Å². The third-order valence-electron chi connectivity index (χ3n) is 5.56. The molecule has 0 bridgehead atoms. The topological polar surface area (TPSA) is 51.5 Å². The van der Waals surface area contributed by atoms with Crippen molar-refractivity contribution in [2.75, 3.05) is 12.4 Å². The highest BCUT2D eigenvalue weighted by atomic mass is 35.5. The maximum absolute atomic E-state index is 12.8. The summed E-state index contributed by atoms with van der Waals surface area (Å²) in [4.78, 5) is 12.8. The van der Waals surface area contributed by atoms with Crippen LogP contribution in [-0.4, -0.2) is 13.0 Å². The molecule has 1 N–H and O–H groups in total. The van der Waals surface area contributed by atoms with Crippen LogP contribution in [0.1, 0.15) is 23.6 Å². The molecule has 162 valence electrons. The molecule has 0 fully saturated rings. The molecule has 0 saturated carbocycles. The zero-order valence-electron chi connectivity index (χ0n) is 18.5. The quantitative estimate of drug-likeness (QED) is 0.325. The molecule has 1 amide bonds. The second-order valence-electron chi connectivity index (χ2n) is 7.75. The summed E-state index contributed by atoms with van der Waals surface area (Å²) in [5, 5.41) is 4.46. The molecular formula is C27H24ClNO3. The lowest BCUT2D eigenvalue weighted by atomic mass is 9.96. The Balaban J connectivity index is 1.76. The Morgan fingerprint density at radius 1 is 1.09 bits per heavy atom. The maximum Gasteiger partial charge on any atom is 0.248 e. The number of carbonyl (C=O) groups is 1. The van der Waals surface area contributed by atoms with Gasteiger partial charge in [-0.05, 0) is 55.7 Å². The number of halogens is 1. The molecule has 0 unspecified atom stereocenters. The van der Waals surface area contributed by atoms with E-state index in [-0.39, 0.29) is 5.91 Å². The van der Waals surface area contributed by atoms with Crippen LogP contribution in [0.2, 0.25) is 5.02 Å². The third-order valence-corrected chi connectivity index (χ3v) is 5.80. The average molecular weight is 446 g/mol. The van der Waals surface area contributed by atoms with Gasteiger partial charge in [0, 0.05) is 38.9 Å². The summed E-state index contributed by atoms with van der Waals surface area (Å²) in [5.41, 5.74) is 6.98. The lowest BCUT2D eigenvalue weighted by Gasteiger charge is -2.14. The van der Waals surface area contributed by atoms with Gasteiger partial charge < -0.3 is 14.5 Å². The number of amides is 1. The first-order chi connectivity index (χ1) is 15.4. The van der Waals surface area contributed by atoms with Crippen molar-refractivity contribution in [3.8, 4) is 16.9 Å². The highest BCUT2D eigenvalue weighted by Crippen LogP contribution is 2.40. The van der Waals surface area contributed by atoms with Gasteiger partial charge in [-0.2, -0.15) is 0 Å². The SMILES string of the molecule is COc1c(/C(C)=C/C(=O)Nc2cc(Cl)ccc2C)cc2c(-c3ccccc3)coc2c1C. The lowest BCUT2D eigenvalue weighted by molar-refractivity contribution is -0.111. The van der Waals surface area contributed by atoms with Crippen molar-refractivity contribution in [3.05, 3.63) is 88.6 Å². The van der Waals surface area contributed by atoms with Crippen molar-refractivity contribution in [1.82, 2.24) is 0 Å². The normalized spacial score (nSPS) is 11.6. The number of allylic oxidation sites excluding steroid dienone is 1. The summed E-state index contributed by atoms with van der Waals surface area (Å²) >= 11 is 6.08. The van der Waals surface area contributed by atoms with Gasteiger partial charge in [-0.1, -0.05) is 48.0 Å². The second kappa shape index (κ2) is 8.93. The number of methoxy groups -OCH3 is 1. The maximum atomic E-state index is 12.8. The molecule has 4 nitrogen and oxygen atoms in total. The number of nitrogens with one attached hydrogen (secondary N) is 1. The van der Waals surface area contributed by atoms with E-state index < -0.39 is 0 Å².